The van der Waals surface area contributed by atoms with Crippen LogP contribution in [0.5, 0.6) is 5.75 Å². The second kappa shape index (κ2) is 7.55. The van der Waals surface area contributed by atoms with Crippen molar-refractivity contribution in [1.82, 2.24) is 0 Å². The number of ether oxygens (including phenoxy) is 1. The number of halogens is 1. The number of anilines is 1. The van der Waals surface area contributed by atoms with Gasteiger partial charge in [0, 0.05) is 11.6 Å². The van der Waals surface area contributed by atoms with Gasteiger partial charge >= 0.3 is 5.97 Å². The summed E-state index contributed by atoms with van der Waals surface area (Å²) in [6, 6.07) is 12.2. The van der Waals surface area contributed by atoms with Gasteiger partial charge in [0.2, 0.25) is 0 Å². The Morgan fingerprint density at radius 3 is 2.42 bits per heavy atom. The smallest absolute Gasteiger partial charge is 0.305 e. The van der Waals surface area contributed by atoms with E-state index in [1.165, 1.54) is 25.3 Å². The molecule has 0 aliphatic heterocycles. The van der Waals surface area contributed by atoms with Gasteiger partial charge in [-0.05, 0) is 42.5 Å². The lowest BCUT2D eigenvalue weighted by Gasteiger charge is -2.24. The Labute approximate surface area is 145 Å². The van der Waals surface area contributed by atoms with Crippen molar-refractivity contribution in [2.45, 2.75) is 11.3 Å². The van der Waals surface area contributed by atoms with E-state index in [2.05, 4.69) is 0 Å². The zero-order chi connectivity index (χ0) is 17.7. The predicted molar refractivity (Wildman–Crippen MR) is 91.2 cm³/mol. The van der Waals surface area contributed by atoms with Crippen LogP contribution in [0.25, 0.3) is 0 Å². The summed E-state index contributed by atoms with van der Waals surface area (Å²) in [7, 11) is -2.45. The number of carboxylic acid groups (broad SMARTS) is 1. The first kappa shape index (κ1) is 18.1. The summed E-state index contributed by atoms with van der Waals surface area (Å²) >= 11 is 5.88. The molecule has 0 unspecified atom stereocenters. The van der Waals surface area contributed by atoms with Crippen LogP contribution in [0.3, 0.4) is 0 Å². The van der Waals surface area contributed by atoms with Crippen LogP contribution in [0.15, 0.2) is 53.4 Å². The molecule has 0 amide bonds. The molecule has 6 nitrogen and oxygen atoms in total. The van der Waals surface area contributed by atoms with Gasteiger partial charge in [-0.15, -0.1) is 0 Å². The van der Waals surface area contributed by atoms with Gasteiger partial charge in [0.05, 0.1) is 24.1 Å². The Morgan fingerprint density at radius 1 is 1.21 bits per heavy atom. The van der Waals surface area contributed by atoms with Gasteiger partial charge in [-0.25, -0.2) is 8.42 Å². The Kier molecular flexibility index (Phi) is 5.69. The molecule has 24 heavy (non-hydrogen) atoms. The van der Waals surface area contributed by atoms with E-state index >= 15 is 0 Å². The number of benzene rings is 2. The first-order valence-electron chi connectivity index (χ1n) is 6.99. The fourth-order valence-corrected chi connectivity index (χ4v) is 3.86. The van der Waals surface area contributed by atoms with E-state index in [1.54, 1.807) is 30.3 Å². The Balaban J connectivity index is 2.45. The van der Waals surface area contributed by atoms with Gasteiger partial charge in [0.15, 0.2) is 0 Å². The standard InChI is InChI=1S/C16H16ClNO5S/c1-23-14-7-5-13(6-8-14)18(10-9-16(19)20)24(21,22)15-4-2-3-12(17)11-15/h2-8,11H,9-10H2,1H3,(H,19,20). The van der Waals surface area contributed by atoms with Gasteiger partial charge in [0.25, 0.3) is 10.0 Å². The minimum Gasteiger partial charge on any atom is -0.497 e. The van der Waals surface area contributed by atoms with Crippen molar-refractivity contribution >= 4 is 33.3 Å². The highest BCUT2D eigenvalue weighted by molar-refractivity contribution is 7.92. The van der Waals surface area contributed by atoms with E-state index in [1.807, 2.05) is 0 Å². The van der Waals surface area contributed by atoms with Crippen LogP contribution < -0.4 is 9.04 Å². The maximum Gasteiger partial charge on any atom is 0.305 e. The van der Waals surface area contributed by atoms with Crippen molar-refractivity contribution in [3.8, 4) is 5.75 Å². The fourth-order valence-electron chi connectivity index (χ4n) is 2.09. The highest BCUT2D eigenvalue weighted by atomic mass is 35.5. The highest BCUT2D eigenvalue weighted by Gasteiger charge is 2.25. The largest absolute Gasteiger partial charge is 0.497 e. The summed E-state index contributed by atoms with van der Waals surface area (Å²) in [4.78, 5) is 10.9. The van der Waals surface area contributed by atoms with Crippen molar-refractivity contribution in [2.75, 3.05) is 18.0 Å². The summed E-state index contributed by atoms with van der Waals surface area (Å²) in [6.45, 7) is -0.198. The molecule has 0 saturated heterocycles. The summed E-state index contributed by atoms with van der Waals surface area (Å²) in [5.41, 5.74) is 0.344. The Bertz CT molecular complexity index is 821. The van der Waals surface area contributed by atoms with Gasteiger partial charge in [-0.3, -0.25) is 9.10 Å². The van der Waals surface area contributed by atoms with Gasteiger partial charge in [-0.1, -0.05) is 17.7 Å². The summed E-state index contributed by atoms with van der Waals surface area (Å²) in [6.07, 6.45) is -0.328. The van der Waals surface area contributed by atoms with Crippen LogP contribution in [-0.2, 0) is 14.8 Å². The second-order valence-electron chi connectivity index (χ2n) is 4.88. The lowest BCUT2D eigenvalue weighted by Crippen LogP contribution is -2.33. The fraction of sp³-hybridized carbons (Fsp3) is 0.188. The van der Waals surface area contributed by atoms with Crippen molar-refractivity contribution in [3.63, 3.8) is 0 Å². The van der Waals surface area contributed by atoms with E-state index in [0.29, 0.717) is 11.4 Å². The van der Waals surface area contributed by atoms with E-state index in [9.17, 15) is 13.2 Å². The molecule has 128 valence electrons. The average Bonchev–Trinajstić information content (AvgIpc) is 2.55. The van der Waals surface area contributed by atoms with Crippen LogP contribution in [0, 0.1) is 0 Å². The maximum atomic E-state index is 12.9. The lowest BCUT2D eigenvalue weighted by atomic mass is 10.3. The monoisotopic (exact) mass is 369 g/mol. The highest BCUT2D eigenvalue weighted by Crippen LogP contribution is 2.27. The van der Waals surface area contributed by atoms with E-state index in [4.69, 9.17) is 21.4 Å². The molecular formula is C16H16ClNO5S. The molecule has 2 aromatic carbocycles. The third-order valence-corrected chi connectivity index (χ3v) is 5.33. The second-order valence-corrected chi connectivity index (χ2v) is 7.18. The molecule has 2 aromatic rings. The molecule has 8 heteroatoms. The van der Waals surface area contributed by atoms with E-state index < -0.39 is 16.0 Å². The molecule has 0 aliphatic rings. The summed E-state index contributed by atoms with van der Waals surface area (Å²) in [5.74, 6) is -0.521. The third-order valence-electron chi connectivity index (χ3n) is 3.27. The SMILES string of the molecule is COc1ccc(N(CCC(=O)O)S(=O)(=O)c2cccc(Cl)c2)cc1. The number of hydrogen-bond donors (Lipinski definition) is 1. The molecule has 0 heterocycles. The molecule has 1 N–H and O–H groups in total. The Hall–Kier alpha value is -2.25. The normalized spacial score (nSPS) is 11.1. The minimum absolute atomic E-state index is 0.00351. The molecule has 0 spiro atoms. The quantitative estimate of drug-likeness (QED) is 0.811. The number of hydrogen-bond acceptors (Lipinski definition) is 4. The molecule has 0 saturated carbocycles. The van der Waals surface area contributed by atoms with Crippen LogP contribution in [0.4, 0.5) is 5.69 Å². The lowest BCUT2D eigenvalue weighted by molar-refractivity contribution is -0.136. The van der Waals surface area contributed by atoms with Gasteiger partial charge < -0.3 is 9.84 Å². The van der Waals surface area contributed by atoms with Crippen LogP contribution in [0.2, 0.25) is 5.02 Å². The molecule has 0 bridgehead atoms. The van der Waals surface area contributed by atoms with Crippen LogP contribution in [0.1, 0.15) is 6.42 Å². The predicted octanol–water partition coefficient (Wildman–Crippen LogP) is 3.02. The first-order valence-corrected chi connectivity index (χ1v) is 8.80. The molecule has 0 aliphatic carbocycles. The number of methoxy groups -OCH3 is 1. The zero-order valence-electron chi connectivity index (χ0n) is 12.8. The van der Waals surface area contributed by atoms with Crippen LogP contribution >= 0.6 is 11.6 Å². The van der Waals surface area contributed by atoms with E-state index in [-0.39, 0.29) is 22.9 Å². The molecule has 0 fully saturated rings. The number of carboxylic acids is 1. The molecule has 0 aromatic heterocycles. The number of sulfonamides is 1. The summed E-state index contributed by atoms with van der Waals surface area (Å²) in [5, 5.41) is 9.19. The van der Waals surface area contributed by atoms with Gasteiger partial charge in [0.1, 0.15) is 5.75 Å². The number of rotatable bonds is 7. The maximum absolute atomic E-state index is 12.9. The minimum atomic E-state index is -3.95. The molecule has 0 atom stereocenters. The van der Waals surface area contributed by atoms with E-state index in [0.717, 1.165) is 4.31 Å². The number of aliphatic carboxylic acids is 1. The van der Waals surface area contributed by atoms with Crippen molar-refractivity contribution < 1.29 is 23.1 Å². The molecule has 2 rings (SSSR count). The van der Waals surface area contributed by atoms with Crippen molar-refractivity contribution in [1.29, 1.82) is 0 Å². The van der Waals surface area contributed by atoms with Crippen LogP contribution in [-0.4, -0.2) is 33.1 Å². The molecule has 0 radical (unpaired) electrons. The van der Waals surface area contributed by atoms with Crippen molar-refractivity contribution in [2.24, 2.45) is 0 Å². The Morgan fingerprint density at radius 2 is 1.88 bits per heavy atom. The third kappa shape index (κ3) is 4.18. The number of carbonyl (C=O) groups is 1. The topological polar surface area (TPSA) is 83.9 Å². The zero-order valence-corrected chi connectivity index (χ0v) is 14.4. The first-order chi connectivity index (χ1) is 11.3. The van der Waals surface area contributed by atoms with Gasteiger partial charge in [-0.2, -0.15) is 0 Å². The summed E-state index contributed by atoms with van der Waals surface area (Å²) < 4.78 is 31.9. The average molecular weight is 370 g/mol. The van der Waals surface area contributed by atoms with Crippen molar-refractivity contribution in [3.05, 3.63) is 53.6 Å². The molecular weight excluding hydrogens is 354 g/mol. The number of nitrogens with zero attached hydrogens (tertiary/aromatic N) is 1.